The van der Waals surface area contributed by atoms with E-state index in [0.29, 0.717) is 5.92 Å². The molecule has 0 aliphatic heterocycles. The smallest absolute Gasteiger partial charge is 0.0142 e. The van der Waals surface area contributed by atoms with Crippen LogP contribution in [0.15, 0.2) is 71.4 Å². The van der Waals surface area contributed by atoms with Crippen molar-refractivity contribution in [3.8, 4) is 0 Å². The summed E-state index contributed by atoms with van der Waals surface area (Å²) in [6.45, 7) is 8.79. The van der Waals surface area contributed by atoms with Crippen LogP contribution in [0.2, 0.25) is 0 Å². The van der Waals surface area contributed by atoms with Crippen LogP contribution in [0.5, 0.6) is 0 Å². The lowest BCUT2D eigenvalue weighted by molar-refractivity contribution is 0.612. The van der Waals surface area contributed by atoms with Crippen LogP contribution >= 0.6 is 0 Å². The molecule has 0 heterocycles. The lowest BCUT2D eigenvalue weighted by Gasteiger charge is -2.11. The van der Waals surface area contributed by atoms with Crippen molar-refractivity contribution < 1.29 is 0 Å². The van der Waals surface area contributed by atoms with E-state index in [1.54, 1.807) is 0 Å². The van der Waals surface area contributed by atoms with Gasteiger partial charge in [0.25, 0.3) is 0 Å². The highest BCUT2D eigenvalue weighted by atomic mass is 14.6. The quantitative estimate of drug-likeness (QED) is 0.573. The zero-order valence-electron chi connectivity index (χ0n) is 10.5. The fraction of sp³-hybridized carbons (Fsp3) is 0.294. The second-order valence-electron chi connectivity index (χ2n) is 5.66. The van der Waals surface area contributed by atoms with Gasteiger partial charge in [-0.05, 0) is 28.6 Å². The SMILES string of the molecule is C=C1[C@H](C2=CC=CC3=CC=CC=C2C3)C1(C)C. The van der Waals surface area contributed by atoms with Crippen molar-refractivity contribution in [2.24, 2.45) is 11.3 Å². The van der Waals surface area contributed by atoms with E-state index in [0.717, 1.165) is 6.42 Å². The molecule has 0 unspecified atom stereocenters. The van der Waals surface area contributed by atoms with E-state index in [9.17, 15) is 0 Å². The molecule has 0 radical (unpaired) electrons. The van der Waals surface area contributed by atoms with Crippen molar-refractivity contribution in [2.45, 2.75) is 20.3 Å². The Morgan fingerprint density at radius 3 is 2.53 bits per heavy atom. The van der Waals surface area contributed by atoms with Crippen molar-refractivity contribution in [2.75, 3.05) is 0 Å². The molecular formula is C17H18. The lowest BCUT2D eigenvalue weighted by Crippen LogP contribution is -1.98. The summed E-state index contributed by atoms with van der Waals surface area (Å²) in [7, 11) is 0. The summed E-state index contributed by atoms with van der Waals surface area (Å²) >= 11 is 0. The van der Waals surface area contributed by atoms with E-state index in [-0.39, 0.29) is 5.41 Å². The maximum absolute atomic E-state index is 4.21. The van der Waals surface area contributed by atoms with Crippen molar-refractivity contribution in [3.63, 3.8) is 0 Å². The minimum Gasteiger partial charge on any atom is -0.0986 e. The van der Waals surface area contributed by atoms with E-state index in [1.807, 2.05) is 0 Å². The highest BCUT2D eigenvalue weighted by molar-refractivity contribution is 5.56. The Labute approximate surface area is 103 Å². The van der Waals surface area contributed by atoms with Crippen molar-refractivity contribution in [1.29, 1.82) is 0 Å². The third kappa shape index (κ3) is 1.59. The van der Waals surface area contributed by atoms with E-state index < -0.39 is 0 Å². The molecule has 0 amide bonds. The number of hydrogen-bond acceptors (Lipinski definition) is 0. The summed E-state index contributed by atoms with van der Waals surface area (Å²) in [5.74, 6) is 0.546. The normalized spacial score (nSPS) is 28.9. The van der Waals surface area contributed by atoms with Gasteiger partial charge in [-0.2, -0.15) is 0 Å². The summed E-state index contributed by atoms with van der Waals surface area (Å²) in [5, 5.41) is 0. The third-order valence-electron chi connectivity index (χ3n) is 4.20. The fourth-order valence-electron chi connectivity index (χ4n) is 2.88. The van der Waals surface area contributed by atoms with Crippen LogP contribution < -0.4 is 0 Å². The summed E-state index contributed by atoms with van der Waals surface area (Å²) in [4.78, 5) is 0. The molecular weight excluding hydrogens is 204 g/mol. The zero-order valence-corrected chi connectivity index (χ0v) is 10.5. The molecule has 86 valence electrons. The van der Waals surface area contributed by atoms with Gasteiger partial charge in [-0.1, -0.05) is 68.5 Å². The molecule has 0 aromatic rings. The van der Waals surface area contributed by atoms with Gasteiger partial charge >= 0.3 is 0 Å². The molecule has 1 fully saturated rings. The van der Waals surface area contributed by atoms with E-state index in [2.05, 4.69) is 63.0 Å². The maximum Gasteiger partial charge on any atom is 0.0142 e. The summed E-state index contributed by atoms with van der Waals surface area (Å²) in [6.07, 6.45) is 16.5. The first-order valence-corrected chi connectivity index (χ1v) is 6.25. The first-order valence-electron chi connectivity index (χ1n) is 6.25. The van der Waals surface area contributed by atoms with Crippen molar-refractivity contribution in [1.82, 2.24) is 0 Å². The number of rotatable bonds is 1. The van der Waals surface area contributed by atoms with Crippen LogP contribution in [0.4, 0.5) is 0 Å². The Morgan fingerprint density at radius 1 is 1.12 bits per heavy atom. The predicted molar refractivity (Wildman–Crippen MR) is 73.6 cm³/mol. The first kappa shape index (κ1) is 10.6. The Hall–Kier alpha value is -1.56. The molecule has 1 atom stereocenters. The summed E-state index contributed by atoms with van der Waals surface area (Å²) in [6, 6.07) is 0. The van der Waals surface area contributed by atoms with Gasteiger partial charge in [-0.3, -0.25) is 0 Å². The number of fused-ring (bicyclic) bond motifs is 2. The van der Waals surface area contributed by atoms with Gasteiger partial charge in [-0.25, -0.2) is 0 Å². The molecule has 3 aliphatic rings. The summed E-state index contributed by atoms with van der Waals surface area (Å²) < 4.78 is 0. The minimum absolute atomic E-state index is 0.282. The Balaban J connectivity index is 2.02. The molecule has 0 heteroatoms. The van der Waals surface area contributed by atoms with Crippen LogP contribution in [-0.4, -0.2) is 0 Å². The number of hydrogen-bond donors (Lipinski definition) is 0. The second kappa shape index (κ2) is 3.46. The largest absolute Gasteiger partial charge is 0.0986 e. The molecule has 0 aromatic carbocycles. The number of allylic oxidation sites excluding steroid dienone is 11. The van der Waals surface area contributed by atoms with Crippen LogP contribution in [0, 0.1) is 11.3 Å². The zero-order chi connectivity index (χ0) is 12.0. The van der Waals surface area contributed by atoms with Crippen LogP contribution in [0.3, 0.4) is 0 Å². The average molecular weight is 222 g/mol. The molecule has 0 saturated heterocycles. The molecule has 0 N–H and O–H groups in total. The summed E-state index contributed by atoms with van der Waals surface area (Å²) in [5.41, 5.74) is 5.96. The van der Waals surface area contributed by atoms with Gasteiger partial charge in [0.15, 0.2) is 0 Å². The molecule has 3 rings (SSSR count). The van der Waals surface area contributed by atoms with Gasteiger partial charge in [0.2, 0.25) is 0 Å². The molecule has 0 aromatic heterocycles. The molecule has 2 bridgehead atoms. The van der Waals surface area contributed by atoms with E-state index >= 15 is 0 Å². The lowest BCUT2D eigenvalue weighted by atomic mass is 9.93. The maximum atomic E-state index is 4.21. The predicted octanol–water partition coefficient (Wildman–Crippen LogP) is 4.51. The third-order valence-corrected chi connectivity index (χ3v) is 4.20. The minimum atomic E-state index is 0.282. The standard InChI is InChI=1S/C17H18/c1-12-16(17(12,2)3)15-10-6-8-13-7-4-5-9-14(15)11-13/h4-10,16H,1,11H2,2-3H3/t16-/m1/s1. The van der Waals surface area contributed by atoms with Gasteiger partial charge < -0.3 is 0 Å². The van der Waals surface area contributed by atoms with Crippen LogP contribution in [-0.2, 0) is 0 Å². The van der Waals surface area contributed by atoms with Crippen molar-refractivity contribution in [3.05, 3.63) is 71.4 Å². The fourth-order valence-corrected chi connectivity index (χ4v) is 2.88. The van der Waals surface area contributed by atoms with E-state index in [4.69, 9.17) is 0 Å². The highest BCUT2D eigenvalue weighted by Crippen LogP contribution is 2.62. The monoisotopic (exact) mass is 222 g/mol. The molecule has 3 aliphatic carbocycles. The highest BCUT2D eigenvalue weighted by Gasteiger charge is 2.52. The molecule has 1 saturated carbocycles. The Kier molecular flexibility index (Phi) is 2.16. The van der Waals surface area contributed by atoms with Gasteiger partial charge in [0, 0.05) is 5.92 Å². The van der Waals surface area contributed by atoms with Crippen LogP contribution in [0.1, 0.15) is 20.3 Å². The van der Waals surface area contributed by atoms with E-state index in [1.165, 1.54) is 22.3 Å². The molecule has 17 heavy (non-hydrogen) atoms. The Bertz CT molecular complexity index is 530. The molecule has 0 nitrogen and oxygen atoms in total. The second-order valence-corrected chi connectivity index (χ2v) is 5.66. The average Bonchev–Trinajstić information content (AvgIpc) is 2.93. The molecule has 0 spiro atoms. The van der Waals surface area contributed by atoms with Gasteiger partial charge in [0.05, 0.1) is 0 Å². The first-order chi connectivity index (χ1) is 8.10. The van der Waals surface area contributed by atoms with Crippen LogP contribution in [0.25, 0.3) is 0 Å². The van der Waals surface area contributed by atoms with Crippen molar-refractivity contribution >= 4 is 0 Å². The Morgan fingerprint density at radius 2 is 1.82 bits per heavy atom. The van der Waals surface area contributed by atoms with Gasteiger partial charge in [-0.15, -0.1) is 0 Å². The topological polar surface area (TPSA) is 0 Å². The van der Waals surface area contributed by atoms with Gasteiger partial charge in [0.1, 0.15) is 0 Å².